The number of nitrogens with zero attached hydrogens (tertiary/aromatic N) is 1. The molecule has 1 heterocycles. The summed E-state index contributed by atoms with van der Waals surface area (Å²) in [5.74, 6) is -0.0278. The Morgan fingerprint density at radius 2 is 1.86 bits per heavy atom. The fourth-order valence-corrected chi connectivity index (χ4v) is 2.73. The number of amides is 1. The number of nitrogens with one attached hydrogen (secondary N) is 1. The van der Waals surface area contributed by atoms with E-state index in [1.165, 1.54) is 23.6 Å². The molecule has 0 aliphatic heterocycles. The lowest BCUT2D eigenvalue weighted by molar-refractivity contribution is -0.119. The Hall–Kier alpha value is -2.68. The van der Waals surface area contributed by atoms with Gasteiger partial charge in [-0.3, -0.25) is 9.78 Å². The zero-order chi connectivity index (χ0) is 15.5. The van der Waals surface area contributed by atoms with E-state index in [1.54, 1.807) is 0 Å². The van der Waals surface area contributed by atoms with Gasteiger partial charge >= 0.3 is 0 Å². The molecule has 0 bridgehead atoms. The Morgan fingerprint density at radius 1 is 1.05 bits per heavy atom. The van der Waals surface area contributed by atoms with Gasteiger partial charge < -0.3 is 5.32 Å². The van der Waals surface area contributed by atoms with E-state index in [2.05, 4.69) is 47.6 Å². The molecule has 2 aromatic carbocycles. The average Bonchev–Trinajstić information content (AvgIpc) is 2.53. The smallest absolute Gasteiger partial charge is 0.217 e. The molecular weight excluding hydrogens is 272 g/mol. The summed E-state index contributed by atoms with van der Waals surface area (Å²) < 4.78 is 0. The highest BCUT2D eigenvalue weighted by molar-refractivity contribution is 5.98. The quantitative estimate of drug-likeness (QED) is 0.796. The third-order valence-corrected chi connectivity index (χ3v) is 3.87. The topological polar surface area (TPSA) is 42.0 Å². The first-order chi connectivity index (χ1) is 10.7. The number of carbonyl (C=O) groups is 1. The predicted molar refractivity (Wildman–Crippen MR) is 89.4 cm³/mol. The Bertz CT molecular complexity index is 840. The number of hydrogen-bond acceptors (Lipinski definition) is 2. The van der Waals surface area contributed by atoms with E-state index in [9.17, 15) is 4.79 Å². The molecule has 1 amide bonds. The molecule has 1 aromatic heterocycles. The maximum absolute atomic E-state index is 11.2. The number of aryl methyl sites for hydroxylation is 1. The lowest BCUT2D eigenvalue weighted by Crippen LogP contribution is -2.19. The van der Waals surface area contributed by atoms with Crippen LogP contribution in [0.4, 0.5) is 0 Å². The van der Waals surface area contributed by atoms with Crippen molar-refractivity contribution in [1.29, 1.82) is 0 Å². The summed E-state index contributed by atoms with van der Waals surface area (Å²) in [4.78, 5) is 15.4. The van der Waals surface area contributed by atoms with Gasteiger partial charge in [0, 0.05) is 31.2 Å². The molecule has 3 aromatic rings. The Morgan fingerprint density at radius 3 is 2.64 bits per heavy atom. The normalized spacial score (nSPS) is 10.6. The highest BCUT2D eigenvalue weighted by Gasteiger charge is 2.09. The molecule has 0 saturated carbocycles. The summed E-state index contributed by atoms with van der Waals surface area (Å²) in [7, 11) is 0. The average molecular weight is 290 g/mol. The van der Waals surface area contributed by atoms with Gasteiger partial charge in [0.25, 0.3) is 0 Å². The van der Waals surface area contributed by atoms with Crippen molar-refractivity contribution in [3.63, 3.8) is 0 Å². The minimum Gasteiger partial charge on any atom is -0.352 e. The Balaban J connectivity index is 2.16. The second kappa shape index (κ2) is 5.98. The largest absolute Gasteiger partial charge is 0.352 e. The maximum Gasteiger partial charge on any atom is 0.217 e. The van der Waals surface area contributed by atoms with Gasteiger partial charge in [0.1, 0.15) is 0 Å². The first-order valence-corrected chi connectivity index (χ1v) is 7.33. The number of benzene rings is 2. The van der Waals surface area contributed by atoms with Crippen molar-refractivity contribution in [3.05, 3.63) is 66.0 Å². The van der Waals surface area contributed by atoms with Gasteiger partial charge in [0.05, 0.1) is 0 Å². The molecule has 3 nitrogen and oxygen atoms in total. The number of rotatable bonds is 3. The van der Waals surface area contributed by atoms with E-state index in [4.69, 9.17) is 0 Å². The summed E-state index contributed by atoms with van der Waals surface area (Å²) in [5, 5.41) is 5.10. The predicted octanol–water partition coefficient (Wildman–Crippen LogP) is 3.85. The van der Waals surface area contributed by atoms with Crippen molar-refractivity contribution < 1.29 is 4.79 Å². The minimum atomic E-state index is -0.0278. The molecule has 0 aliphatic carbocycles. The zero-order valence-corrected chi connectivity index (χ0v) is 12.8. The SMILES string of the molecule is CC(=O)NCc1ccc(-c2ccccc2C)c2ccncc12. The number of pyridine rings is 1. The lowest BCUT2D eigenvalue weighted by Gasteiger charge is -2.13. The van der Waals surface area contributed by atoms with Crippen LogP contribution >= 0.6 is 0 Å². The minimum absolute atomic E-state index is 0.0278. The van der Waals surface area contributed by atoms with Crippen LogP contribution in [0.3, 0.4) is 0 Å². The number of aromatic nitrogens is 1. The van der Waals surface area contributed by atoms with Crippen molar-refractivity contribution in [3.8, 4) is 11.1 Å². The van der Waals surface area contributed by atoms with Gasteiger partial charge in [-0.2, -0.15) is 0 Å². The van der Waals surface area contributed by atoms with Gasteiger partial charge in [0.15, 0.2) is 0 Å². The van der Waals surface area contributed by atoms with E-state index in [0.29, 0.717) is 6.54 Å². The van der Waals surface area contributed by atoms with Gasteiger partial charge in [-0.05, 0) is 40.6 Å². The van der Waals surface area contributed by atoms with Crippen molar-refractivity contribution in [2.24, 2.45) is 0 Å². The maximum atomic E-state index is 11.2. The van der Waals surface area contributed by atoms with Crippen LogP contribution in [0, 0.1) is 6.92 Å². The molecule has 1 N–H and O–H groups in total. The molecule has 0 spiro atoms. The third kappa shape index (κ3) is 2.70. The first kappa shape index (κ1) is 14.3. The van der Waals surface area contributed by atoms with Crippen LogP contribution in [0.1, 0.15) is 18.1 Å². The Labute approximate surface area is 130 Å². The van der Waals surface area contributed by atoms with Crippen LogP contribution < -0.4 is 5.32 Å². The summed E-state index contributed by atoms with van der Waals surface area (Å²) in [5.41, 5.74) is 4.75. The highest BCUT2D eigenvalue weighted by atomic mass is 16.1. The van der Waals surface area contributed by atoms with Crippen LogP contribution in [0.5, 0.6) is 0 Å². The first-order valence-electron chi connectivity index (χ1n) is 7.33. The molecule has 0 atom stereocenters. The van der Waals surface area contributed by atoms with Crippen molar-refractivity contribution >= 4 is 16.7 Å². The van der Waals surface area contributed by atoms with E-state index in [-0.39, 0.29) is 5.91 Å². The molecule has 0 saturated heterocycles. The summed E-state index contributed by atoms with van der Waals surface area (Å²) in [6.45, 7) is 4.17. The van der Waals surface area contributed by atoms with Gasteiger partial charge in [-0.1, -0.05) is 36.4 Å². The molecule has 0 aliphatic rings. The summed E-state index contributed by atoms with van der Waals surface area (Å²) >= 11 is 0. The van der Waals surface area contributed by atoms with E-state index in [0.717, 1.165) is 16.3 Å². The van der Waals surface area contributed by atoms with Gasteiger partial charge in [-0.25, -0.2) is 0 Å². The van der Waals surface area contributed by atoms with Crippen LogP contribution in [-0.2, 0) is 11.3 Å². The molecule has 110 valence electrons. The van der Waals surface area contributed by atoms with Crippen molar-refractivity contribution in [2.75, 3.05) is 0 Å². The Kier molecular flexibility index (Phi) is 3.88. The molecule has 0 fully saturated rings. The standard InChI is InChI=1S/C19H18N2O/c1-13-5-3-4-6-16(13)17-8-7-15(11-21-14(2)22)19-12-20-10-9-18(17)19/h3-10,12H,11H2,1-2H3,(H,21,22). The molecule has 22 heavy (non-hydrogen) atoms. The summed E-state index contributed by atoms with van der Waals surface area (Å²) in [6, 6.07) is 14.6. The van der Waals surface area contributed by atoms with Crippen molar-refractivity contribution in [2.45, 2.75) is 20.4 Å². The summed E-state index contributed by atoms with van der Waals surface area (Å²) in [6.07, 6.45) is 3.68. The second-order valence-electron chi connectivity index (χ2n) is 5.42. The van der Waals surface area contributed by atoms with E-state index >= 15 is 0 Å². The van der Waals surface area contributed by atoms with Gasteiger partial charge in [-0.15, -0.1) is 0 Å². The van der Waals surface area contributed by atoms with Crippen molar-refractivity contribution in [1.82, 2.24) is 10.3 Å². The molecular formula is C19H18N2O. The van der Waals surface area contributed by atoms with Gasteiger partial charge in [0.2, 0.25) is 5.91 Å². The number of hydrogen-bond donors (Lipinski definition) is 1. The number of fused-ring (bicyclic) bond motifs is 1. The fourth-order valence-electron chi connectivity index (χ4n) is 2.73. The lowest BCUT2D eigenvalue weighted by atomic mass is 9.94. The zero-order valence-electron chi connectivity index (χ0n) is 12.8. The highest BCUT2D eigenvalue weighted by Crippen LogP contribution is 2.32. The van der Waals surface area contributed by atoms with Crippen LogP contribution in [0.15, 0.2) is 54.9 Å². The fraction of sp³-hybridized carbons (Fsp3) is 0.158. The molecule has 0 unspecified atom stereocenters. The monoisotopic (exact) mass is 290 g/mol. The van der Waals surface area contributed by atoms with Crippen LogP contribution in [0.2, 0.25) is 0 Å². The second-order valence-corrected chi connectivity index (χ2v) is 5.42. The third-order valence-electron chi connectivity index (χ3n) is 3.87. The molecule has 3 rings (SSSR count). The van der Waals surface area contributed by atoms with Crippen LogP contribution in [-0.4, -0.2) is 10.9 Å². The van der Waals surface area contributed by atoms with Crippen LogP contribution in [0.25, 0.3) is 21.9 Å². The van der Waals surface area contributed by atoms with E-state index in [1.807, 2.05) is 24.5 Å². The molecule has 3 heteroatoms. The molecule has 0 radical (unpaired) electrons. The van der Waals surface area contributed by atoms with E-state index < -0.39 is 0 Å². The number of carbonyl (C=O) groups excluding carboxylic acids is 1.